The first-order chi connectivity index (χ1) is 13.5. The number of nitrogens with zero attached hydrogens (tertiary/aromatic N) is 1. The summed E-state index contributed by atoms with van der Waals surface area (Å²) in [6.07, 6.45) is 2.24. The Kier molecular flexibility index (Phi) is 6.44. The van der Waals surface area contributed by atoms with Gasteiger partial charge in [-0.3, -0.25) is 4.79 Å². The van der Waals surface area contributed by atoms with Crippen LogP contribution in [0.4, 0.5) is 14.6 Å². The molecule has 0 bridgehead atoms. The molecule has 1 aliphatic carbocycles. The molecule has 1 aromatic heterocycles. The van der Waals surface area contributed by atoms with Crippen molar-refractivity contribution in [3.63, 3.8) is 0 Å². The van der Waals surface area contributed by atoms with Gasteiger partial charge in [-0.15, -0.1) is 0 Å². The van der Waals surface area contributed by atoms with Crippen molar-refractivity contribution in [2.45, 2.75) is 31.6 Å². The Morgan fingerprint density at radius 3 is 2.68 bits per heavy atom. The first-order valence-electron chi connectivity index (χ1n) is 9.43. The summed E-state index contributed by atoms with van der Waals surface area (Å²) in [4.78, 5) is 15.7. The second-order valence-electron chi connectivity index (χ2n) is 6.68. The van der Waals surface area contributed by atoms with Crippen molar-refractivity contribution in [1.82, 2.24) is 4.98 Å². The van der Waals surface area contributed by atoms with E-state index in [0.717, 1.165) is 18.8 Å². The summed E-state index contributed by atoms with van der Waals surface area (Å²) in [6.45, 7) is 3.09. The zero-order valence-electron chi connectivity index (χ0n) is 15.7. The zero-order chi connectivity index (χ0) is 20.0. The number of aromatic nitrogens is 1. The fourth-order valence-corrected chi connectivity index (χ4v) is 3.22. The summed E-state index contributed by atoms with van der Waals surface area (Å²) < 4.78 is 38.5. The van der Waals surface area contributed by atoms with Crippen LogP contribution in [0.2, 0.25) is 0 Å². The highest BCUT2D eigenvalue weighted by molar-refractivity contribution is 5.71. The van der Waals surface area contributed by atoms with E-state index in [2.05, 4.69) is 10.3 Å². The van der Waals surface area contributed by atoms with E-state index in [1.165, 1.54) is 0 Å². The summed E-state index contributed by atoms with van der Waals surface area (Å²) in [6, 6.07) is 12.3. The molecule has 150 valence electrons. The summed E-state index contributed by atoms with van der Waals surface area (Å²) in [7, 11) is 0. The molecule has 0 amide bonds. The van der Waals surface area contributed by atoms with Crippen molar-refractivity contribution >= 4 is 11.8 Å². The van der Waals surface area contributed by atoms with Crippen LogP contribution >= 0.6 is 0 Å². The molecule has 1 N–H and O–H groups in total. The normalized spacial score (nSPS) is 19.7. The molecule has 3 rings (SSSR count). The molecular formula is C21H24F2N2O3. The van der Waals surface area contributed by atoms with E-state index in [-0.39, 0.29) is 13.0 Å². The maximum atomic E-state index is 14.0. The lowest BCUT2D eigenvalue weighted by atomic mass is 10.1. The minimum Gasteiger partial charge on any atom is -0.494 e. The number of anilines is 1. The van der Waals surface area contributed by atoms with Gasteiger partial charge in [0.15, 0.2) is 0 Å². The highest BCUT2D eigenvalue weighted by Crippen LogP contribution is 2.63. The topological polar surface area (TPSA) is 60.5 Å². The molecule has 1 heterocycles. The summed E-state index contributed by atoms with van der Waals surface area (Å²) >= 11 is 0. The predicted molar refractivity (Wildman–Crippen MR) is 102 cm³/mol. The van der Waals surface area contributed by atoms with Gasteiger partial charge in [0.05, 0.1) is 25.6 Å². The number of pyridine rings is 1. The third-order valence-electron chi connectivity index (χ3n) is 4.69. The van der Waals surface area contributed by atoms with Crippen LogP contribution in [0.3, 0.4) is 0 Å². The molecule has 0 spiro atoms. The molecule has 1 aromatic carbocycles. The molecule has 5 nitrogen and oxygen atoms in total. The van der Waals surface area contributed by atoms with Crippen LogP contribution in [0.1, 0.15) is 31.2 Å². The second kappa shape index (κ2) is 8.99. The van der Waals surface area contributed by atoms with Gasteiger partial charge in [-0.05, 0) is 43.2 Å². The molecule has 28 heavy (non-hydrogen) atoms. The van der Waals surface area contributed by atoms with Crippen LogP contribution in [0, 0.1) is 5.92 Å². The van der Waals surface area contributed by atoms with Crippen LogP contribution in [0.15, 0.2) is 48.7 Å². The van der Waals surface area contributed by atoms with Crippen LogP contribution in [-0.2, 0) is 9.53 Å². The molecule has 7 heteroatoms. The molecule has 1 aliphatic rings. The molecule has 0 saturated heterocycles. The van der Waals surface area contributed by atoms with Gasteiger partial charge in [-0.25, -0.2) is 13.8 Å². The number of rotatable bonds is 10. The Morgan fingerprint density at radius 1 is 1.21 bits per heavy atom. The van der Waals surface area contributed by atoms with Crippen LogP contribution in [0.5, 0.6) is 5.75 Å². The molecule has 2 atom stereocenters. The minimum atomic E-state index is -2.87. The Labute approximate surface area is 163 Å². The van der Waals surface area contributed by atoms with Crippen molar-refractivity contribution < 1.29 is 23.0 Å². The first-order valence-corrected chi connectivity index (χ1v) is 9.43. The van der Waals surface area contributed by atoms with Crippen LogP contribution in [-0.4, -0.2) is 36.6 Å². The second-order valence-corrected chi connectivity index (χ2v) is 6.68. The van der Waals surface area contributed by atoms with Gasteiger partial charge >= 0.3 is 5.97 Å². The number of halogens is 2. The highest BCUT2D eigenvalue weighted by atomic mass is 19.3. The van der Waals surface area contributed by atoms with E-state index in [9.17, 15) is 13.6 Å². The lowest BCUT2D eigenvalue weighted by Gasteiger charge is -2.08. The van der Waals surface area contributed by atoms with E-state index in [1.54, 1.807) is 37.4 Å². The van der Waals surface area contributed by atoms with Gasteiger partial charge in [0.2, 0.25) is 0 Å². The highest BCUT2D eigenvalue weighted by Gasteiger charge is 2.69. The molecule has 0 aliphatic heterocycles. The number of esters is 1. The van der Waals surface area contributed by atoms with E-state index in [4.69, 9.17) is 9.47 Å². The Balaban J connectivity index is 1.43. The van der Waals surface area contributed by atoms with E-state index < -0.39 is 23.7 Å². The third kappa shape index (κ3) is 4.97. The smallest absolute Gasteiger partial charge is 0.306 e. The van der Waals surface area contributed by atoms with Crippen LogP contribution in [0.25, 0.3) is 0 Å². The molecule has 1 saturated carbocycles. The Morgan fingerprint density at radius 2 is 2.00 bits per heavy atom. The van der Waals surface area contributed by atoms with Crippen molar-refractivity contribution in [3.8, 4) is 5.75 Å². The lowest BCUT2D eigenvalue weighted by molar-refractivity contribution is -0.144. The summed E-state index contributed by atoms with van der Waals surface area (Å²) in [5, 5.41) is 3.19. The van der Waals surface area contributed by atoms with Crippen molar-refractivity contribution in [1.29, 1.82) is 0 Å². The fourth-order valence-electron chi connectivity index (χ4n) is 3.22. The monoisotopic (exact) mass is 390 g/mol. The Bertz CT molecular complexity index is 769. The summed E-state index contributed by atoms with van der Waals surface area (Å²) in [5.41, 5.74) is 0.517. The summed E-state index contributed by atoms with van der Waals surface area (Å²) in [5.74, 6) is -3.92. The van der Waals surface area contributed by atoms with Gasteiger partial charge in [-0.1, -0.05) is 18.2 Å². The quantitative estimate of drug-likeness (QED) is 0.485. The molecule has 0 radical (unpaired) electrons. The maximum Gasteiger partial charge on any atom is 0.306 e. The van der Waals surface area contributed by atoms with Gasteiger partial charge in [0.1, 0.15) is 11.6 Å². The average molecular weight is 390 g/mol. The standard InChI is InChI=1S/C21H24F2N2O3/c1-2-27-19(26)14-17-20(21(17,22)23)15-7-9-16(10-8-15)28-13-5-12-25-18-6-3-4-11-24-18/h3-4,6-11,17,20H,2,5,12-14H2,1H3,(H,24,25). The lowest BCUT2D eigenvalue weighted by Crippen LogP contribution is -2.08. The number of ether oxygens (including phenoxy) is 2. The number of hydrogen-bond acceptors (Lipinski definition) is 5. The van der Waals surface area contributed by atoms with E-state index in [0.29, 0.717) is 17.9 Å². The van der Waals surface area contributed by atoms with Crippen molar-refractivity contribution in [2.24, 2.45) is 5.92 Å². The average Bonchev–Trinajstić information content (AvgIpc) is 3.22. The fraction of sp³-hybridized carbons (Fsp3) is 0.429. The molecule has 2 unspecified atom stereocenters. The number of nitrogens with one attached hydrogen (secondary N) is 1. The maximum absolute atomic E-state index is 14.0. The number of hydrogen-bond donors (Lipinski definition) is 1. The van der Waals surface area contributed by atoms with Gasteiger partial charge in [0.25, 0.3) is 5.92 Å². The largest absolute Gasteiger partial charge is 0.494 e. The van der Waals surface area contributed by atoms with Gasteiger partial charge < -0.3 is 14.8 Å². The Hall–Kier alpha value is -2.70. The van der Waals surface area contributed by atoms with Crippen molar-refractivity contribution in [3.05, 3.63) is 54.2 Å². The SMILES string of the molecule is CCOC(=O)CC1C(c2ccc(OCCCNc3ccccn3)cc2)C1(F)F. The molecular weight excluding hydrogens is 366 g/mol. The minimum absolute atomic E-state index is 0.200. The van der Waals surface area contributed by atoms with E-state index in [1.807, 2.05) is 18.2 Å². The third-order valence-corrected chi connectivity index (χ3v) is 4.69. The van der Waals surface area contributed by atoms with E-state index >= 15 is 0 Å². The number of benzene rings is 1. The van der Waals surface area contributed by atoms with Crippen molar-refractivity contribution in [2.75, 3.05) is 25.1 Å². The first kappa shape index (κ1) is 20.0. The predicted octanol–water partition coefficient (Wildman–Crippen LogP) is 4.26. The van der Waals surface area contributed by atoms with Gasteiger partial charge in [-0.2, -0.15) is 0 Å². The number of carbonyl (C=O) groups is 1. The number of carbonyl (C=O) groups excluding carboxylic acids is 1. The zero-order valence-corrected chi connectivity index (χ0v) is 15.7. The van der Waals surface area contributed by atoms with Gasteiger partial charge in [0, 0.05) is 18.7 Å². The number of alkyl halides is 2. The molecule has 2 aromatic rings. The van der Waals surface area contributed by atoms with Crippen LogP contribution < -0.4 is 10.1 Å². The molecule has 1 fully saturated rings.